The molecule has 1 fully saturated rings. The molecule has 0 bridgehead atoms. The lowest BCUT2D eigenvalue weighted by molar-refractivity contribution is 0.609. The summed E-state index contributed by atoms with van der Waals surface area (Å²) >= 11 is 0. The van der Waals surface area contributed by atoms with Gasteiger partial charge in [0.1, 0.15) is 5.82 Å². The van der Waals surface area contributed by atoms with E-state index in [2.05, 4.69) is 29.2 Å². The summed E-state index contributed by atoms with van der Waals surface area (Å²) in [5.74, 6) is 0.318. The molecule has 3 rings (SSSR count). The predicted molar refractivity (Wildman–Crippen MR) is 80.3 cm³/mol. The first-order chi connectivity index (χ1) is 9.79. The molecule has 1 heterocycles. The maximum absolute atomic E-state index is 13.8. The van der Waals surface area contributed by atoms with Crippen molar-refractivity contribution in [1.82, 2.24) is 0 Å². The zero-order valence-corrected chi connectivity index (χ0v) is 11.4. The second-order valence-electron chi connectivity index (χ2n) is 5.28. The molecular weight excluding hydrogens is 251 g/mol. The minimum atomic E-state index is -0.201. The molecule has 0 amide bonds. The molecular formula is C17H19FN2. The molecule has 0 saturated carbocycles. The van der Waals surface area contributed by atoms with E-state index in [9.17, 15) is 4.39 Å². The smallest absolute Gasteiger partial charge is 0.129 e. The van der Waals surface area contributed by atoms with Crippen LogP contribution in [0.3, 0.4) is 0 Å². The van der Waals surface area contributed by atoms with Gasteiger partial charge >= 0.3 is 0 Å². The molecule has 0 aliphatic carbocycles. The van der Waals surface area contributed by atoms with E-state index in [-0.39, 0.29) is 12.4 Å². The van der Waals surface area contributed by atoms with Crippen molar-refractivity contribution in [2.75, 3.05) is 18.0 Å². The van der Waals surface area contributed by atoms with Crippen molar-refractivity contribution in [3.8, 4) is 0 Å². The fourth-order valence-corrected chi connectivity index (χ4v) is 3.02. The van der Waals surface area contributed by atoms with E-state index < -0.39 is 0 Å². The van der Waals surface area contributed by atoms with Crippen LogP contribution in [0.25, 0.3) is 0 Å². The third kappa shape index (κ3) is 2.41. The average Bonchev–Trinajstić information content (AvgIpc) is 2.97. The maximum atomic E-state index is 13.8. The van der Waals surface area contributed by atoms with Gasteiger partial charge in [0.25, 0.3) is 0 Å². The number of halogens is 1. The van der Waals surface area contributed by atoms with E-state index in [1.807, 2.05) is 12.1 Å². The number of benzene rings is 2. The van der Waals surface area contributed by atoms with Crippen LogP contribution in [-0.2, 0) is 6.54 Å². The standard InChI is InChI=1S/C17H19FN2/c18-16-7-4-8-17(15(16)11-19)20-10-9-14(12-20)13-5-2-1-3-6-13/h1-8,14H,9-12,19H2. The van der Waals surface area contributed by atoms with Crippen LogP contribution >= 0.6 is 0 Å². The van der Waals surface area contributed by atoms with Gasteiger partial charge in [0.15, 0.2) is 0 Å². The van der Waals surface area contributed by atoms with Gasteiger partial charge in [0, 0.05) is 36.8 Å². The Morgan fingerprint density at radius 2 is 1.90 bits per heavy atom. The average molecular weight is 270 g/mol. The van der Waals surface area contributed by atoms with Crippen molar-refractivity contribution in [3.05, 3.63) is 65.5 Å². The number of rotatable bonds is 3. The summed E-state index contributed by atoms with van der Waals surface area (Å²) in [7, 11) is 0. The van der Waals surface area contributed by atoms with Gasteiger partial charge in [-0.1, -0.05) is 36.4 Å². The van der Waals surface area contributed by atoms with Gasteiger partial charge in [0.2, 0.25) is 0 Å². The van der Waals surface area contributed by atoms with Crippen molar-refractivity contribution in [2.45, 2.75) is 18.9 Å². The highest BCUT2D eigenvalue weighted by Crippen LogP contribution is 2.33. The highest BCUT2D eigenvalue weighted by atomic mass is 19.1. The normalized spacial score (nSPS) is 18.5. The Balaban J connectivity index is 1.83. The van der Waals surface area contributed by atoms with E-state index >= 15 is 0 Å². The van der Waals surface area contributed by atoms with Crippen LogP contribution in [0, 0.1) is 5.82 Å². The van der Waals surface area contributed by atoms with Crippen LogP contribution < -0.4 is 10.6 Å². The summed E-state index contributed by atoms with van der Waals surface area (Å²) in [6.07, 6.45) is 1.10. The maximum Gasteiger partial charge on any atom is 0.129 e. The number of hydrogen-bond acceptors (Lipinski definition) is 2. The summed E-state index contributed by atoms with van der Waals surface area (Å²) in [4.78, 5) is 2.25. The Labute approximate surface area is 119 Å². The molecule has 2 aromatic rings. The number of nitrogens with two attached hydrogens (primary N) is 1. The lowest BCUT2D eigenvalue weighted by atomic mass is 9.99. The van der Waals surface area contributed by atoms with E-state index in [1.54, 1.807) is 6.07 Å². The van der Waals surface area contributed by atoms with Crippen LogP contribution in [0.1, 0.15) is 23.5 Å². The number of hydrogen-bond donors (Lipinski definition) is 1. The number of anilines is 1. The molecule has 104 valence electrons. The molecule has 3 heteroatoms. The molecule has 1 unspecified atom stereocenters. The fraction of sp³-hybridized carbons (Fsp3) is 0.294. The lowest BCUT2D eigenvalue weighted by Crippen LogP contribution is -2.22. The molecule has 1 aliphatic heterocycles. The monoisotopic (exact) mass is 270 g/mol. The van der Waals surface area contributed by atoms with Gasteiger partial charge in [-0.15, -0.1) is 0 Å². The SMILES string of the molecule is NCc1c(F)cccc1N1CCC(c2ccccc2)C1. The summed E-state index contributed by atoms with van der Waals surface area (Å²) in [5, 5.41) is 0. The number of nitrogens with zero attached hydrogens (tertiary/aromatic N) is 1. The van der Waals surface area contributed by atoms with Crippen LogP contribution in [0.4, 0.5) is 10.1 Å². The van der Waals surface area contributed by atoms with Crippen molar-refractivity contribution >= 4 is 5.69 Å². The highest BCUT2D eigenvalue weighted by molar-refractivity contribution is 5.55. The van der Waals surface area contributed by atoms with E-state index in [1.165, 1.54) is 11.6 Å². The first kappa shape index (κ1) is 13.1. The third-order valence-corrected chi connectivity index (χ3v) is 4.10. The van der Waals surface area contributed by atoms with Crippen molar-refractivity contribution in [2.24, 2.45) is 5.73 Å². The third-order valence-electron chi connectivity index (χ3n) is 4.10. The van der Waals surface area contributed by atoms with Crippen LogP contribution in [-0.4, -0.2) is 13.1 Å². The minimum Gasteiger partial charge on any atom is -0.371 e. The Kier molecular flexibility index (Phi) is 3.70. The van der Waals surface area contributed by atoms with Crippen LogP contribution in [0.5, 0.6) is 0 Å². The van der Waals surface area contributed by atoms with Gasteiger partial charge in [-0.25, -0.2) is 4.39 Å². The molecule has 0 spiro atoms. The van der Waals surface area contributed by atoms with Gasteiger partial charge < -0.3 is 10.6 Å². The van der Waals surface area contributed by atoms with Crippen LogP contribution in [0.15, 0.2) is 48.5 Å². The second kappa shape index (κ2) is 5.63. The van der Waals surface area contributed by atoms with E-state index in [4.69, 9.17) is 5.73 Å². The topological polar surface area (TPSA) is 29.3 Å². The molecule has 0 radical (unpaired) electrons. The minimum absolute atomic E-state index is 0.201. The van der Waals surface area contributed by atoms with Crippen LogP contribution in [0.2, 0.25) is 0 Å². The predicted octanol–water partition coefficient (Wildman–Crippen LogP) is 3.28. The molecule has 2 N–H and O–H groups in total. The van der Waals surface area contributed by atoms with E-state index in [0.717, 1.165) is 25.2 Å². The summed E-state index contributed by atoms with van der Waals surface area (Å²) in [5.41, 5.74) is 8.64. The molecule has 20 heavy (non-hydrogen) atoms. The zero-order chi connectivity index (χ0) is 13.9. The molecule has 1 atom stereocenters. The molecule has 0 aromatic heterocycles. The van der Waals surface area contributed by atoms with Gasteiger partial charge in [-0.05, 0) is 24.1 Å². The summed E-state index contributed by atoms with van der Waals surface area (Å²) < 4.78 is 13.8. The lowest BCUT2D eigenvalue weighted by Gasteiger charge is -2.22. The highest BCUT2D eigenvalue weighted by Gasteiger charge is 2.25. The second-order valence-corrected chi connectivity index (χ2v) is 5.28. The Hall–Kier alpha value is -1.87. The Morgan fingerprint density at radius 3 is 2.65 bits per heavy atom. The Morgan fingerprint density at radius 1 is 1.10 bits per heavy atom. The molecule has 2 nitrogen and oxygen atoms in total. The van der Waals surface area contributed by atoms with Gasteiger partial charge in [-0.3, -0.25) is 0 Å². The first-order valence-corrected chi connectivity index (χ1v) is 7.07. The summed E-state index contributed by atoms with van der Waals surface area (Å²) in [6.45, 7) is 2.13. The fourth-order valence-electron chi connectivity index (χ4n) is 3.02. The van der Waals surface area contributed by atoms with Gasteiger partial charge in [-0.2, -0.15) is 0 Å². The largest absolute Gasteiger partial charge is 0.371 e. The van der Waals surface area contributed by atoms with Crippen molar-refractivity contribution < 1.29 is 4.39 Å². The quantitative estimate of drug-likeness (QED) is 0.927. The van der Waals surface area contributed by atoms with Gasteiger partial charge in [0.05, 0.1) is 0 Å². The molecule has 1 saturated heterocycles. The van der Waals surface area contributed by atoms with Crippen molar-refractivity contribution in [1.29, 1.82) is 0 Å². The Bertz CT molecular complexity index is 583. The molecule has 2 aromatic carbocycles. The van der Waals surface area contributed by atoms with E-state index in [0.29, 0.717) is 11.5 Å². The molecule has 1 aliphatic rings. The first-order valence-electron chi connectivity index (χ1n) is 7.07. The zero-order valence-electron chi connectivity index (χ0n) is 11.4. The van der Waals surface area contributed by atoms with Crippen molar-refractivity contribution in [3.63, 3.8) is 0 Å². The summed E-state index contributed by atoms with van der Waals surface area (Å²) in [6, 6.07) is 15.7.